The standard InChI is InChI=1S/C8H16O3/c1-7(6-9)11-8-4-2-3-5-10-8/h7-9H,2-6H2,1H3. The van der Waals surface area contributed by atoms with Crippen molar-refractivity contribution >= 4 is 0 Å². The average Bonchev–Trinajstić information content (AvgIpc) is 2.06. The Kier molecular flexibility index (Phi) is 3.83. The fourth-order valence-electron chi connectivity index (χ4n) is 1.12. The molecule has 0 spiro atoms. The first-order chi connectivity index (χ1) is 5.33. The summed E-state index contributed by atoms with van der Waals surface area (Å²) in [5.41, 5.74) is 0. The van der Waals surface area contributed by atoms with Crippen LogP contribution in [-0.2, 0) is 9.47 Å². The zero-order chi connectivity index (χ0) is 8.10. The molecule has 0 radical (unpaired) electrons. The normalized spacial score (nSPS) is 28.4. The van der Waals surface area contributed by atoms with Gasteiger partial charge in [-0.25, -0.2) is 0 Å². The summed E-state index contributed by atoms with van der Waals surface area (Å²) in [5, 5.41) is 8.68. The van der Waals surface area contributed by atoms with Gasteiger partial charge in [-0.1, -0.05) is 0 Å². The van der Waals surface area contributed by atoms with E-state index in [4.69, 9.17) is 14.6 Å². The van der Waals surface area contributed by atoms with Gasteiger partial charge in [0.25, 0.3) is 0 Å². The second-order valence-electron chi connectivity index (χ2n) is 2.93. The Bertz CT molecular complexity index is 99.5. The van der Waals surface area contributed by atoms with Gasteiger partial charge in [0.05, 0.1) is 12.7 Å². The molecule has 1 N–H and O–H groups in total. The Balaban J connectivity index is 2.13. The molecule has 0 aliphatic carbocycles. The van der Waals surface area contributed by atoms with Crippen molar-refractivity contribution in [2.45, 2.75) is 38.6 Å². The summed E-state index contributed by atoms with van der Waals surface area (Å²) in [6.45, 7) is 2.71. The van der Waals surface area contributed by atoms with E-state index in [-0.39, 0.29) is 19.0 Å². The Morgan fingerprint density at radius 1 is 1.64 bits per heavy atom. The molecule has 0 bridgehead atoms. The van der Waals surface area contributed by atoms with Crippen LogP contribution in [0.5, 0.6) is 0 Å². The second kappa shape index (κ2) is 4.70. The molecule has 11 heavy (non-hydrogen) atoms. The summed E-state index contributed by atoms with van der Waals surface area (Å²) in [7, 11) is 0. The predicted molar refractivity (Wildman–Crippen MR) is 41.2 cm³/mol. The molecule has 0 aromatic heterocycles. The molecule has 0 amide bonds. The average molecular weight is 160 g/mol. The van der Waals surface area contributed by atoms with Crippen LogP contribution in [-0.4, -0.2) is 30.7 Å². The summed E-state index contributed by atoms with van der Waals surface area (Å²) in [6.07, 6.45) is 3.09. The van der Waals surface area contributed by atoms with Crippen molar-refractivity contribution in [2.24, 2.45) is 0 Å². The number of rotatable bonds is 3. The third-order valence-electron chi connectivity index (χ3n) is 1.78. The van der Waals surface area contributed by atoms with Crippen LogP contribution in [0.15, 0.2) is 0 Å². The zero-order valence-electron chi connectivity index (χ0n) is 6.95. The molecule has 2 unspecified atom stereocenters. The molecule has 0 aromatic carbocycles. The van der Waals surface area contributed by atoms with E-state index in [1.165, 1.54) is 6.42 Å². The smallest absolute Gasteiger partial charge is 0.158 e. The second-order valence-corrected chi connectivity index (χ2v) is 2.93. The van der Waals surface area contributed by atoms with Crippen molar-refractivity contribution in [1.82, 2.24) is 0 Å². The van der Waals surface area contributed by atoms with E-state index in [0.29, 0.717) is 0 Å². The molecule has 1 aliphatic rings. The number of hydrogen-bond acceptors (Lipinski definition) is 3. The van der Waals surface area contributed by atoms with E-state index >= 15 is 0 Å². The molecule has 1 aliphatic heterocycles. The van der Waals surface area contributed by atoms with Crippen LogP contribution in [0.4, 0.5) is 0 Å². The van der Waals surface area contributed by atoms with Crippen LogP contribution in [0, 0.1) is 0 Å². The maximum atomic E-state index is 8.68. The van der Waals surface area contributed by atoms with E-state index in [2.05, 4.69) is 0 Å². The summed E-state index contributed by atoms with van der Waals surface area (Å²) in [5.74, 6) is 0. The highest BCUT2D eigenvalue weighted by atomic mass is 16.7. The molecule has 3 nitrogen and oxygen atoms in total. The van der Waals surface area contributed by atoms with Gasteiger partial charge in [-0.05, 0) is 26.2 Å². The molecular formula is C8H16O3. The van der Waals surface area contributed by atoms with Crippen molar-refractivity contribution in [3.8, 4) is 0 Å². The summed E-state index contributed by atoms with van der Waals surface area (Å²) < 4.78 is 10.7. The number of aliphatic hydroxyl groups is 1. The van der Waals surface area contributed by atoms with Crippen LogP contribution in [0.3, 0.4) is 0 Å². The molecule has 3 heteroatoms. The van der Waals surface area contributed by atoms with Crippen LogP contribution < -0.4 is 0 Å². The Hall–Kier alpha value is -0.120. The van der Waals surface area contributed by atoms with E-state index in [1.54, 1.807) is 0 Å². The highest BCUT2D eigenvalue weighted by molar-refractivity contribution is 4.56. The van der Waals surface area contributed by atoms with Crippen LogP contribution in [0.1, 0.15) is 26.2 Å². The largest absolute Gasteiger partial charge is 0.394 e. The van der Waals surface area contributed by atoms with Gasteiger partial charge in [0, 0.05) is 6.61 Å². The molecule has 0 saturated carbocycles. The van der Waals surface area contributed by atoms with E-state index in [9.17, 15) is 0 Å². The predicted octanol–water partition coefficient (Wildman–Crippen LogP) is 0.910. The van der Waals surface area contributed by atoms with Gasteiger partial charge < -0.3 is 14.6 Å². The van der Waals surface area contributed by atoms with E-state index in [0.717, 1.165) is 19.4 Å². The molecule has 2 atom stereocenters. The monoisotopic (exact) mass is 160 g/mol. The van der Waals surface area contributed by atoms with Crippen molar-refractivity contribution in [2.75, 3.05) is 13.2 Å². The third kappa shape index (κ3) is 3.18. The molecule has 0 aromatic rings. The van der Waals surface area contributed by atoms with Gasteiger partial charge in [-0.2, -0.15) is 0 Å². The van der Waals surface area contributed by atoms with Gasteiger partial charge >= 0.3 is 0 Å². The third-order valence-corrected chi connectivity index (χ3v) is 1.78. The maximum Gasteiger partial charge on any atom is 0.158 e. The lowest BCUT2D eigenvalue weighted by Gasteiger charge is -2.25. The summed E-state index contributed by atoms with van der Waals surface area (Å²) >= 11 is 0. The molecule has 1 saturated heterocycles. The van der Waals surface area contributed by atoms with Crippen LogP contribution in [0.25, 0.3) is 0 Å². The Labute approximate surface area is 67.3 Å². The Morgan fingerprint density at radius 3 is 3.00 bits per heavy atom. The van der Waals surface area contributed by atoms with Gasteiger partial charge in [0.2, 0.25) is 0 Å². The topological polar surface area (TPSA) is 38.7 Å². The molecule has 1 rings (SSSR count). The maximum absolute atomic E-state index is 8.68. The quantitative estimate of drug-likeness (QED) is 0.667. The van der Waals surface area contributed by atoms with Gasteiger partial charge in [-0.15, -0.1) is 0 Å². The minimum Gasteiger partial charge on any atom is -0.394 e. The summed E-state index contributed by atoms with van der Waals surface area (Å²) in [6, 6.07) is 0. The van der Waals surface area contributed by atoms with Crippen molar-refractivity contribution in [1.29, 1.82) is 0 Å². The zero-order valence-corrected chi connectivity index (χ0v) is 6.95. The fourth-order valence-corrected chi connectivity index (χ4v) is 1.12. The van der Waals surface area contributed by atoms with Gasteiger partial charge in [0.1, 0.15) is 0 Å². The first-order valence-corrected chi connectivity index (χ1v) is 4.21. The van der Waals surface area contributed by atoms with Gasteiger partial charge in [-0.3, -0.25) is 0 Å². The minimum absolute atomic E-state index is 0.0693. The highest BCUT2D eigenvalue weighted by Gasteiger charge is 2.16. The number of ether oxygens (including phenoxy) is 2. The van der Waals surface area contributed by atoms with Crippen molar-refractivity contribution in [3.05, 3.63) is 0 Å². The Morgan fingerprint density at radius 2 is 2.45 bits per heavy atom. The van der Waals surface area contributed by atoms with E-state index in [1.807, 2.05) is 6.92 Å². The lowest BCUT2D eigenvalue weighted by molar-refractivity contribution is -0.190. The first kappa shape index (κ1) is 8.97. The van der Waals surface area contributed by atoms with Gasteiger partial charge in [0.15, 0.2) is 6.29 Å². The van der Waals surface area contributed by atoms with Crippen molar-refractivity contribution < 1.29 is 14.6 Å². The SMILES string of the molecule is CC(CO)OC1CCCCO1. The number of aliphatic hydroxyl groups excluding tert-OH is 1. The lowest BCUT2D eigenvalue weighted by Crippen LogP contribution is -2.28. The first-order valence-electron chi connectivity index (χ1n) is 4.21. The fraction of sp³-hybridized carbons (Fsp3) is 1.00. The van der Waals surface area contributed by atoms with Crippen molar-refractivity contribution in [3.63, 3.8) is 0 Å². The van der Waals surface area contributed by atoms with Crippen LogP contribution >= 0.6 is 0 Å². The number of hydrogen-bond donors (Lipinski definition) is 1. The van der Waals surface area contributed by atoms with Crippen LogP contribution in [0.2, 0.25) is 0 Å². The lowest BCUT2D eigenvalue weighted by atomic mass is 10.2. The molecule has 1 fully saturated rings. The van der Waals surface area contributed by atoms with E-state index < -0.39 is 0 Å². The molecule has 1 heterocycles. The summed E-state index contributed by atoms with van der Waals surface area (Å²) in [4.78, 5) is 0. The molecule has 66 valence electrons. The minimum atomic E-state index is -0.0990. The highest BCUT2D eigenvalue weighted by Crippen LogP contribution is 2.14. The molecular weight excluding hydrogens is 144 g/mol.